The third-order valence-electron chi connectivity index (χ3n) is 4.25. The highest BCUT2D eigenvalue weighted by atomic mass is 16.5. The number of hydrogen-bond donors (Lipinski definition) is 2. The SMILES string of the molecule is CCOC(=O)NC(=O)CN1C(=O)N[C@@](C)(c2ccc(C(C)C)cc2)C1=O. The zero-order valence-electron chi connectivity index (χ0n) is 15.3. The fraction of sp³-hybridized carbons (Fsp3) is 0.444. The molecule has 0 radical (unpaired) electrons. The number of ether oxygens (including phenoxy) is 1. The number of carbonyl (C=O) groups excluding carboxylic acids is 4. The van der Waals surface area contributed by atoms with Gasteiger partial charge in [-0.05, 0) is 30.9 Å². The van der Waals surface area contributed by atoms with Gasteiger partial charge in [0.1, 0.15) is 12.1 Å². The second-order valence-corrected chi connectivity index (χ2v) is 6.49. The third-order valence-corrected chi connectivity index (χ3v) is 4.25. The van der Waals surface area contributed by atoms with Gasteiger partial charge in [-0.2, -0.15) is 0 Å². The van der Waals surface area contributed by atoms with E-state index in [1.807, 2.05) is 17.4 Å². The molecule has 8 nitrogen and oxygen atoms in total. The Labute approximate surface area is 151 Å². The highest BCUT2D eigenvalue weighted by molar-refractivity contribution is 6.09. The Morgan fingerprint density at radius 2 is 1.85 bits per heavy atom. The van der Waals surface area contributed by atoms with Crippen LogP contribution in [0, 0.1) is 0 Å². The summed E-state index contributed by atoms with van der Waals surface area (Å²) in [4.78, 5) is 48.9. The van der Waals surface area contributed by atoms with E-state index in [9.17, 15) is 19.2 Å². The lowest BCUT2D eigenvalue weighted by atomic mass is 9.90. The normalized spacial score (nSPS) is 19.5. The lowest BCUT2D eigenvalue weighted by Crippen LogP contribution is -2.44. The molecular weight excluding hydrogens is 338 g/mol. The Morgan fingerprint density at radius 3 is 2.38 bits per heavy atom. The molecule has 0 aliphatic carbocycles. The summed E-state index contributed by atoms with van der Waals surface area (Å²) in [5.41, 5.74) is 0.463. The van der Waals surface area contributed by atoms with E-state index in [-0.39, 0.29) is 6.61 Å². The molecule has 1 aliphatic heterocycles. The summed E-state index contributed by atoms with van der Waals surface area (Å²) < 4.78 is 4.60. The summed E-state index contributed by atoms with van der Waals surface area (Å²) in [6.07, 6.45) is -0.920. The first-order valence-electron chi connectivity index (χ1n) is 8.40. The van der Waals surface area contributed by atoms with Crippen LogP contribution in [0.1, 0.15) is 44.7 Å². The predicted octanol–water partition coefficient (Wildman–Crippen LogP) is 1.85. The van der Waals surface area contributed by atoms with E-state index in [2.05, 4.69) is 23.9 Å². The molecule has 1 fully saturated rings. The Kier molecular flexibility index (Phi) is 5.64. The molecular formula is C18H23N3O5. The molecule has 1 atom stereocenters. The number of nitrogens with one attached hydrogen (secondary N) is 2. The van der Waals surface area contributed by atoms with Crippen LogP contribution in [-0.2, 0) is 19.9 Å². The zero-order chi connectivity index (χ0) is 19.5. The highest BCUT2D eigenvalue weighted by Gasteiger charge is 2.49. The minimum absolute atomic E-state index is 0.104. The standard InChI is InChI=1S/C18H23N3O5/c1-5-26-17(25)19-14(22)10-21-15(23)18(4,20-16(21)24)13-8-6-12(7-9-13)11(2)3/h6-9,11H,5,10H2,1-4H3,(H,20,24)(H,19,22,25)/t18-/m0/s1. The molecule has 1 aliphatic rings. The Bertz CT molecular complexity index is 729. The zero-order valence-corrected chi connectivity index (χ0v) is 15.3. The van der Waals surface area contributed by atoms with Crippen molar-refractivity contribution in [1.82, 2.24) is 15.5 Å². The Balaban J connectivity index is 2.14. The van der Waals surface area contributed by atoms with Crippen LogP contribution in [0.5, 0.6) is 0 Å². The van der Waals surface area contributed by atoms with Gasteiger partial charge in [0.2, 0.25) is 5.91 Å². The van der Waals surface area contributed by atoms with Gasteiger partial charge in [0.15, 0.2) is 0 Å². The number of benzene rings is 1. The van der Waals surface area contributed by atoms with E-state index < -0.39 is 36.0 Å². The fourth-order valence-electron chi connectivity index (χ4n) is 2.70. The number of hydrogen-bond acceptors (Lipinski definition) is 5. The van der Waals surface area contributed by atoms with E-state index in [0.29, 0.717) is 11.5 Å². The molecule has 0 unspecified atom stereocenters. The van der Waals surface area contributed by atoms with Gasteiger partial charge >= 0.3 is 12.1 Å². The minimum Gasteiger partial charge on any atom is -0.450 e. The average molecular weight is 361 g/mol. The molecule has 0 saturated carbocycles. The number of carbonyl (C=O) groups is 4. The smallest absolute Gasteiger partial charge is 0.413 e. The molecule has 0 bridgehead atoms. The Morgan fingerprint density at radius 1 is 1.23 bits per heavy atom. The minimum atomic E-state index is -1.27. The highest BCUT2D eigenvalue weighted by Crippen LogP contribution is 2.29. The molecule has 2 N–H and O–H groups in total. The molecule has 140 valence electrons. The average Bonchev–Trinajstić information content (AvgIpc) is 2.79. The van der Waals surface area contributed by atoms with Crippen molar-refractivity contribution in [3.63, 3.8) is 0 Å². The van der Waals surface area contributed by atoms with Gasteiger partial charge in [0.25, 0.3) is 5.91 Å². The summed E-state index contributed by atoms with van der Waals surface area (Å²) in [7, 11) is 0. The molecule has 1 saturated heterocycles. The summed E-state index contributed by atoms with van der Waals surface area (Å²) >= 11 is 0. The number of amides is 5. The lowest BCUT2D eigenvalue weighted by Gasteiger charge is -2.22. The van der Waals surface area contributed by atoms with E-state index >= 15 is 0 Å². The predicted molar refractivity (Wildman–Crippen MR) is 93.3 cm³/mol. The number of nitrogens with zero attached hydrogens (tertiary/aromatic N) is 1. The number of imide groups is 2. The van der Waals surface area contributed by atoms with Crippen LogP contribution in [0.3, 0.4) is 0 Å². The van der Waals surface area contributed by atoms with Gasteiger partial charge < -0.3 is 10.1 Å². The van der Waals surface area contributed by atoms with Gasteiger partial charge in [0.05, 0.1) is 6.61 Å². The number of alkyl carbamates (subject to hydrolysis) is 1. The largest absolute Gasteiger partial charge is 0.450 e. The van der Waals surface area contributed by atoms with Gasteiger partial charge in [0, 0.05) is 0 Å². The second-order valence-electron chi connectivity index (χ2n) is 6.49. The van der Waals surface area contributed by atoms with E-state index in [4.69, 9.17) is 0 Å². The van der Waals surface area contributed by atoms with Crippen LogP contribution >= 0.6 is 0 Å². The molecule has 5 amide bonds. The Hall–Kier alpha value is -2.90. The number of urea groups is 1. The number of rotatable bonds is 5. The topological polar surface area (TPSA) is 105 Å². The maximum absolute atomic E-state index is 12.8. The molecule has 1 aromatic carbocycles. The first-order valence-corrected chi connectivity index (χ1v) is 8.40. The van der Waals surface area contributed by atoms with E-state index in [1.165, 1.54) is 0 Å². The van der Waals surface area contributed by atoms with Crippen molar-refractivity contribution in [1.29, 1.82) is 0 Å². The maximum atomic E-state index is 12.8. The van der Waals surface area contributed by atoms with Crippen LogP contribution < -0.4 is 10.6 Å². The van der Waals surface area contributed by atoms with Crippen molar-refractivity contribution >= 4 is 23.9 Å². The first kappa shape index (κ1) is 19.4. The molecule has 0 spiro atoms. The molecule has 2 rings (SSSR count). The summed E-state index contributed by atoms with van der Waals surface area (Å²) in [5, 5.41) is 4.58. The van der Waals surface area contributed by atoms with Crippen LogP contribution in [0.2, 0.25) is 0 Å². The van der Waals surface area contributed by atoms with Crippen molar-refractivity contribution < 1.29 is 23.9 Å². The van der Waals surface area contributed by atoms with E-state index in [0.717, 1.165) is 10.5 Å². The van der Waals surface area contributed by atoms with Gasteiger partial charge in [-0.15, -0.1) is 0 Å². The van der Waals surface area contributed by atoms with Gasteiger partial charge in [-0.3, -0.25) is 19.8 Å². The van der Waals surface area contributed by atoms with Crippen LogP contribution in [0.15, 0.2) is 24.3 Å². The molecule has 1 heterocycles. The third kappa shape index (κ3) is 3.84. The van der Waals surface area contributed by atoms with Crippen molar-refractivity contribution in [3.8, 4) is 0 Å². The second kappa shape index (κ2) is 7.55. The summed E-state index contributed by atoms with van der Waals surface area (Å²) in [5.74, 6) is -1.01. The van der Waals surface area contributed by atoms with Crippen molar-refractivity contribution in [2.75, 3.05) is 13.2 Å². The molecule has 26 heavy (non-hydrogen) atoms. The van der Waals surface area contributed by atoms with E-state index in [1.54, 1.807) is 26.0 Å². The van der Waals surface area contributed by atoms with Crippen molar-refractivity contribution in [2.45, 2.75) is 39.2 Å². The van der Waals surface area contributed by atoms with Crippen molar-refractivity contribution in [3.05, 3.63) is 35.4 Å². The molecule has 8 heteroatoms. The fourth-order valence-corrected chi connectivity index (χ4v) is 2.70. The summed E-state index contributed by atoms with van der Waals surface area (Å²) in [6.45, 7) is 6.83. The van der Waals surface area contributed by atoms with Crippen LogP contribution in [0.25, 0.3) is 0 Å². The van der Waals surface area contributed by atoms with Gasteiger partial charge in [-0.25, -0.2) is 9.59 Å². The van der Waals surface area contributed by atoms with Crippen LogP contribution in [0.4, 0.5) is 9.59 Å². The molecule has 0 aromatic heterocycles. The monoisotopic (exact) mass is 361 g/mol. The summed E-state index contributed by atoms with van der Waals surface area (Å²) in [6, 6.07) is 6.69. The molecule has 1 aromatic rings. The van der Waals surface area contributed by atoms with Gasteiger partial charge in [-0.1, -0.05) is 38.1 Å². The quantitative estimate of drug-likeness (QED) is 0.779. The van der Waals surface area contributed by atoms with Crippen molar-refractivity contribution in [2.24, 2.45) is 0 Å². The maximum Gasteiger partial charge on any atom is 0.413 e. The lowest BCUT2D eigenvalue weighted by molar-refractivity contribution is -0.134. The first-order chi connectivity index (χ1) is 12.2. The van der Waals surface area contributed by atoms with Crippen LogP contribution in [-0.4, -0.2) is 42.0 Å².